The second-order valence-corrected chi connectivity index (χ2v) is 9.80. The Hall–Kier alpha value is -5.53. The molecule has 3 amide bonds. The minimum absolute atomic E-state index is 0.0873. The van der Waals surface area contributed by atoms with Crippen molar-refractivity contribution in [1.29, 1.82) is 0 Å². The maximum atomic E-state index is 14.2. The molecular weight excluding hydrogens is 602 g/mol. The van der Waals surface area contributed by atoms with Crippen LogP contribution in [0, 0.1) is 0 Å². The predicted molar refractivity (Wildman–Crippen MR) is 153 cm³/mol. The van der Waals surface area contributed by atoms with Crippen LogP contribution in [0.5, 0.6) is 17.2 Å². The number of alkyl halides is 4. The lowest BCUT2D eigenvalue weighted by atomic mass is 10.1. The number of amides is 3. The van der Waals surface area contributed by atoms with E-state index >= 15 is 0 Å². The monoisotopic (exact) mass is 627 g/mol. The Kier molecular flexibility index (Phi) is 8.66. The summed E-state index contributed by atoms with van der Waals surface area (Å²) in [5.41, 5.74) is 0.301. The van der Waals surface area contributed by atoms with Crippen molar-refractivity contribution >= 4 is 34.4 Å². The van der Waals surface area contributed by atoms with Gasteiger partial charge < -0.3 is 30.0 Å². The first-order valence-electron chi connectivity index (χ1n) is 13.5. The van der Waals surface area contributed by atoms with E-state index in [1.165, 1.54) is 36.4 Å². The Morgan fingerprint density at radius 3 is 2.27 bits per heavy atom. The Morgan fingerprint density at radius 1 is 0.822 bits per heavy atom. The molecule has 0 saturated heterocycles. The number of nitrogens with one attached hydrogen (secondary N) is 2. The van der Waals surface area contributed by atoms with Gasteiger partial charge in [0.25, 0.3) is 5.91 Å². The number of aliphatic carboxylic acids is 1. The fourth-order valence-corrected chi connectivity index (χ4v) is 4.41. The largest absolute Gasteiger partial charge is 0.507 e. The topological polar surface area (TPSA) is 126 Å². The third-order valence-corrected chi connectivity index (χ3v) is 6.67. The van der Waals surface area contributed by atoms with Gasteiger partial charge in [-0.25, -0.2) is 4.79 Å². The number of para-hydroxylation sites is 1. The molecular formula is C31H25F4N3O7. The maximum Gasteiger partial charge on any atom is 0.507 e. The van der Waals surface area contributed by atoms with Gasteiger partial charge in [0.05, 0.1) is 18.7 Å². The molecule has 4 aromatic rings. The van der Waals surface area contributed by atoms with Crippen molar-refractivity contribution in [2.75, 3.05) is 18.2 Å². The summed E-state index contributed by atoms with van der Waals surface area (Å²) < 4.78 is 70.4. The molecule has 1 aliphatic heterocycles. The number of ether oxygens (including phenoxy) is 3. The summed E-state index contributed by atoms with van der Waals surface area (Å²) in [5.74, 6) is -2.66. The van der Waals surface area contributed by atoms with E-state index in [1.54, 1.807) is 12.1 Å². The van der Waals surface area contributed by atoms with E-state index in [9.17, 15) is 31.9 Å². The second kappa shape index (κ2) is 12.6. The van der Waals surface area contributed by atoms with Crippen LogP contribution < -0.4 is 29.7 Å². The molecule has 0 atom stereocenters. The Morgan fingerprint density at radius 2 is 1.53 bits per heavy atom. The van der Waals surface area contributed by atoms with Crippen LogP contribution in [0.25, 0.3) is 10.8 Å². The molecule has 0 aliphatic carbocycles. The number of hydrogen-bond acceptors (Lipinski definition) is 6. The number of fused-ring (bicyclic) bond motifs is 2. The average Bonchev–Trinajstić information content (AvgIpc) is 3.00. The molecule has 0 aromatic heterocycles. The van der Waals surface area contributed by atoms with Gasteiger partial charge in [0, 0.05) is 12.1 Å². The molecule has 0 radical (unpaired) electrons. The zero-order valence-electron chi connectivity index (χ0n) is 23.3. The number of carboxylic acid groups (broad SMARTS) is 1. The van der Waals surface area contributed by atoms with Crippen LogP contribution >= 0.6 is 0 Å². The van der Waals surface area contributed by atoms with Crippen LogP contribution in [0.2, 0.25) is 0 Å². The standard InChI is InChI=1S/C31H25F4N3O7/c32-30(33)31(34,35)45-27-24(6-3-7-25(27)44-30)38(17-19-8-10-21(11-9-19)28(41)36-15-14-26(39)40)29(42)37-18-43-23-13-12-20-4-1-2-5-22(20)16-23/h1-13,16H,14-15,17-18H2,(H,36,41)(H,37,42)(H,39,40). The number of carboxylic acids is 1. The zero-order chi connectivity index (χ0) is 32.2. The van der Waals surface area contributed by atoms with Crippen LogP contribution in [-0.4, -0.2) is 48.5 Å². The minimum Gasteiger partial charge on any atom is -0.481 e. The fourth-order valence-electron chi connectivity index (χ4n) is 4.41. The highest BCUT2D eigenvalue weighted by Crippen LogP contribution is 2.51. The van der Waals surface area contributed by atoms with Crippen LogP contribution in [0.3, 0.4) is 0 Å². The van der Waals surface area contributed by atoms with Crippen LogP contribution in [0.1, 0.15) is 22.3 Å². The molecule has 0 saturated carbocycles. The van der Waals surface area contributed by atoms with Gasteiger partial charge in [-0.15, -0.1) is 0 Å². The summed E-state index contributed by atoms with van der Waals surface area (Å²) in [7, 11) is 0. The lowest BCUT2D eigenvalue weighted by molar-refractivity contribution is -0.391. The summed E-state index contributed by atoms with van der Waals surface area (Å²) >= 11 is 0. The Bertz CT molecular complexity index is 1730. The van der Waals surface area contributed by atoms with Gasteiger partial charge in [-0.3, -0.25) is 14.5 Å². The zero-order valence-corrected chi connectivity index (χ0v) is 23.3. The summed E-state index contributed by atoms with van der Waals surface area (Å²) in [6.07, 6.45) is -10.3. The molecule has 3 N–H and O–H groups in total. The summed E-state index contributed by atoms with van der Waals surface area (Å²) in [6, 6.07) is 21.2. The summed E-state index contributed by atoms with van der Waals surface area (Å²) in [5, 5.41) is 15.6. The van der Waals surface area contributed by atoms with Crippen molar-refractivity contribution in [1.82, 2.24) is 10.6 Å². The lowest BCUT2D eigenvalue weighted by Crippen LogP contribution is -2.52. The quantitative estimate of drug-likeness (QED) is 0.151. The number of carbonyl (C=O) groups excluding carboxylic acids is 2. The van der Waals surface area contributed by atoms with E-state index in [2.05, 4.69) is 20.1 Å². The number of carbonyl (C=O) groups is 3. The van der Waals surface area contributed by atoms with Crippen molar-refractivity contribution in [3.8, 4) is 17.2 Å². The normalized spacial score (nSPS) is 14.3. The van der Waals surface area contributed by atoms with E-state index in [0.717, 1.165) is 21.7 Å². The summed E-state index contributed by atoms with van der Waals surface area (Å²) in [6.45, 7) is -0.718. The Labute approximate surface area is 253 Å². The first kappa shape index (κ1) is 30.9. The summed E-state index contributed by atoms with van der Waals surface area (Å²) in [4.78, 5) is 37.4. The molecule has 4 aromatic carbocycles. The molecule has 5 rings (SSSR count). The molecule has 234 valence electrons. The van der Waals surface area contributed by atoms with E-state index in [1.807, 2.05) is 30.3 Å². The number of benzene rings is 4. The highest BCUT2D eigenvalue weighted by atomic mass is 19.3. The van der Waals surface area contributed by atoms with Crippen molar-refractivity contribution in [3.05, 3.63) is 96.1 Å². The number of hydrogen-bond donors (Lipinski definition) is 3. The average molecular weight is 628 g/mol. The van der Waals surface area contributed by atoms with Crippen LogP contribution in [0.15, 0.2) is 84.9 Å². The predicted octanol–water partition coefficient (Wildman–Crippen LogP) is 5.75. The molecule has 0 spiro atoms. The van der Waals surface area contributed by atoms with E-state index in [-0.39, 0.29) is 37.5 Å². The molecule has 1 heterocycles. The van der Waals surface area contributed by atoms with Gasteiger partial charge in [0.1, 0.15) is 5.75 Å². The molecule has 0 unspecified atom stereocenters. The van der Waals surface area contributed by atoms with Gasteiger partial charge in [-0.05, 0) is 52.7 Å². The smallest absolute Gasteiger partial charge is 0.481 e. The van der Waals surface area contributed by atoms with Crippen molar-refractivity contribution in [2.45, 2.75) is 25.2 Å². The van der Waals surface area contributed by atoms with Gasteiger partial charge in [-0.2, -0.15) is 17.6 Å². The van der Waals surface area contributed by atoms with Gasteiger partial charge in [-0.1, -0.05) is 48.5 Å². The van der Waals surface area contributed by atoms with E-state index in [4.69, 9.17) is 9.84 Å². The van der Waals surface area contributed by atoms with E-state index in [0.29, 0.717) is 11.3 Å². The van der Waals surface area contributed by atoms with E-state index < -0.39 is 41.6 Å². The first-order valence-corrected chi connectivity index (χ1v) is 13.5. The number of nitrogens with zero attached hydrogens (tertiary/aromatic N) is 1. The number of urea groups is 1. The lowest BCUT2D eigenvalue weighted by Gasteiger charge is -2.34. The molecule has 0 fully saturated rings. The molecule has 14 heteroatoms. The maximum absolute atomic E-state index is 14.2. The third kappa shape index (κ3) is 7.00. The first-order chi connectivity index (χ1) is 21.4. The molecule has 1 aliphatic rings. The van der Waals surface area contributed by atoms with Crippen molar-refractivity contribution < 1.29 is 51.3 Å². The molecule has 0 bridgehead atoms. The number of anilines is 1. The van der Waals surface area contributed by atoms with Crippen LogP contribution in [-0.2, 0) is 11.3 Å². The van der Waals surface area contributed by atoms with Gasteiger partial charge in [0.15, 0.2) is 18.2 Å². The van der Waals surface area contributed by atoms with Gasteiger partial charge in [0.2, 0.25) is 0 Å². The van der Waals surface area contributed by atoms with Crippen LogP contribution in [0.4, 0.5) is 28.0 Å². The number of rotatable bonds is 10. The molecule has 10 nitrogen and oxygen atoms in total. The Balaban J connectivity index is 1.37. The number of halogens is 4. The highest BCUT2D eigenvalue weighted by Gasteiger charge is 2.66. The SMILES string of the molecule is O=C(O)CCNC(=O)c1ccc(CN(C(=O)NCOc2ccc3ccccc3c2)c2cccc3c2OC(F)(F)C(F)(F)O3)cc1. The van der Waals surface area contributed by atoms with Crippen molar-refractivity contribution in [3.63, 3.8) is 0 Å². The second-order valence-electron chi connectivity index (χ2n) is 9.80. The van der Waals surface area contributed by atoms with Gasteiger partial charge >= 0.3 is 24.2 Å². The minimum atomic E-state index is -5.03. The molecule has 45 heavy (non-hydrogen) atoms. The highest BCUT2D eigenvalue weighted by molar-refractivity contribution is 5.95. The third-order valence-electron chi connectivity index (χ3n) is 6.67. The van der Waals surface area contributed by atoms with Crippen molar-refractivity contribution in [2.24, 2.45) is 0 Å². The fraction of sp³-hybridized carbons (Fsp3) is 0.194.